The molecule has 1 amide bonds. The van der Waals surface area contributed by atoms with E-state index in [9.17, 15) is 14.3 Å². The number of hydrogen-bond donors (Lipinski definition) is 1. The van der Waals surface area contributed by atoms with E-state index in [4.69, 9.17) is 0 Å². The zero-order valence-electron chi connectivity index (χ0n) is 11.8. The Labute approximate surface area is 123 Å². The third-order valence-corrected chi connectivity index (χ3v) is 4.22. The van der Waals surface area contributed by atoms with Gasteiger partial charge in [0, 0.05) is 23.5 Å². The van der Waals surface area contributed by atoms with Crippen LogP contribution in [-0.4, -0.2) is 35.1 Å². The lowest BCUT2D eigenvalue weighted by Gasteiger charge is -2.37. The normalized spacial score (nSPS) is 15.0. The van der Waals surface area contributed by atoms with E-state index in [0.717, 1.165) is 19.3 Å². The topological polar surface area (TPSA) is 40.5 Å². The lowest BCUT2D eigenvalue weighted by Crippen LogP contribution is -2.45. The van der Waals surface area contributed by atoms with Crippen LogP contribution < -0.4 is 0 Å². The first kappa shape index (κ1) is 14.0. The van der Waals surface area contributed by atoms with Gasteiger partial charge in [0.1, 0.15) is 5.82 Å². The molecule has 0 bridgehead atoms. The molecule has 4 heteroatoms. The van der Waals surface area contributed by atoms with Crippen molar-refractivity contribution in [3.05, 3.63) is 47.8 Å². The molecule has 2 aromatic carbocycles. The van der Waals surface area contributed by atoms with Gasteiger partial charge < -0.3 is 10.0 Å². The second-order valence-corrected chi connectivity index (χ2v) is 5.45. The largest absolute Gasteiger partial charge is 0.395 e. The van der Waals surface area contributed by atoms with E-state index in [0.29, 0.717) is 22.9 Å². The van der Waals surface area contributed by atoms with E-state index in [1.54, 1.807) is 35.2 Å². The van der Waals surface area contributed by atoms with Gasteiger partial charge in [-0.15, -0.1) is 0 Å². The highest BCUT2D eigenvalue weighted by Gasteiger charge is 2.29. The van der Waals surface area contributed by atoms with Crippen molar-refractivity contribution in [1.82, 2.24) is 4.90 Å². The quantitative estimate of drug-likeness (QED) is 0.939. The molecule has 3 rings (SSSR count). The highest BCUT2D eigenvalue weighted by molar-refractivity contribution is 6.07. The molecule has 0 aliphatic heterocycles. The van der Waals surface area contributed by atoms with Crippen molar-refractivity contribution in [3.63, 3.8) is 0 Å². The van der Waals surface area contributed by atoms with Crippen LogP contribution in [0.1, 0.15) is 29.6 Å². The van der Waals surface area contributed by atoms with Crippen molar-refractivity contribution >= 4 is 16.7 Å². The van der Waals surface area contributed by atoms with Gasteiger partial charge in [-0.3, -0.25) is 4.79 Å². The molecule has 3 nitrogen and oxygen atoms in total. The molecule has 0 radical (unpaired) electrons. The molecule has 0 unspecified atom stereocenters. The number of nitrogens with zero attached hydrogens (tertiary/aromatic N) is 1. The van der Waals surface area contributed by atoms with Gasteiger partial charge in [0.15, 0.2) is 0 Å². The minimum Gasteiger partial charge on any atom is -0.395 e. The Morgan fingerprint density at radius 1 is 1.19 bits per heavy atom. The Morgan fingerprint density at radius 2 is 1.90 bits per heavy atom. The number of fused-ring (bicyclic) bond motifs is 1. The van der Waals surface area contributed by atoms with Crippen molar-refractivity contribution in [1.29, 1.82) is 0 Å². The summed E-state index contributed by atoms with van der Waals surface area (Å²) in [7, 11) is 0. The van der Waals surface area contributed by atoms with Gasteiger partial charge in [0.25, 0.3) is 5.91 Å². The average Bonchev–Trinajstić information content (AvgIpc) is 2.45. The fraction of sp³-hybridized carbons (Fsp3) is 0.353. The van der Waals surface area contributed by atoms with Crippen molar-refractivity contribution in [2.45, 2.75) is 25.3 Å². The first-order chi connectivity index (χ1) is 10.2. The summed E-state index contributed by atoms with van der Waals surface area (Å²) in [6.45, 7) is 0.274. The number of hydrogen-bond acceptors (Lipinski definition) is 2. The molecular weight excluding hydrogens is 269 g/mol. The number of aliphatic hydroxyl groups is 1. The summed E-state index contributed by atoms with van der Waals surface area (Å²) in [5.74, 6) is -0.440. The van der Waals surface area contributed by atoms with Crippen LogP contribution in [0.5, 0.6) is 0 Å². The van der Waals surface area contributed by atoms with Crippen LogP contribution in [0.25, 0.3) is 10.8 Å². The summed E-state index contributed by atoms with van der Waals surface area (Å²) < 4.78 is 13.8. The Morgan fingerprint density at radius 3 is 2.52 bits per heavy atom. The molecule has 21 heavy (non-hydrogen) atoms. The molecule has 1 saturated carbocycles. The van der Waals surface area contributed by atoms with Gasteiger partial charge >= 0.3 is 0 Å². The van der Waals surface area contributed by atoms with Crippen molar-refractivity contribution in [3.8, 4) is 0 Å². The smallest absolute Gasteiger partial charge is 0.254 e. The summed E-state index contributed by atoms with van der Waals surface area (Å²) in [6.07, 6.45) is 3.07. The first-order valence-electron chi connectivity index (χ1n) is 7.31. The van der Waals surface area contributed by atoms with Crippen LogP contribution >= 0.6 is 0 Å². The molecule has 0 heterocycles. The van der Waals surface area contributed by atoms with Crippen LogP contribution in [0.4, 0.5) is 4.39 Å². The molecule has 1 N–H and O–H groups in total. The Bertz CT molecular complexity index is 667. The van der Waals surface area contributed by atoms with Crippen LogP contribution in [0.2, 0.25) is 0 Å². The third kappa shape index (κ3) is 2.51. The van der Waals surface area contributed by atoms with E-state index >= 15 is 0 Å². The molecule has 0 saturated heterocycles. The molecule has 0 aromatic heterocycles. The van der Waals surface area contributed by atoms with E-state index < -0.39 is 0 Å². The fourth-order valence-electron chi connectivity index (χ4n) is 2.86. The predicted molar refractivity (Wildman–Crippen MR) is 79.7 cm³/mol. The van der Waals surface area contributed by atoms with E-state index in [-0.39, 0.29) is 24.4 Å². The number of carbonyl (C=O) groups excluding carboxylic acids is 1. The third-order valence-electron chi connectivity index (χ3n) is 4.22. The average molecular weight is 287 g/mol. The maximum absolute atomic E-state index is 13.8. The van der Waals surface area contributed by atoms with Crippen LogP contribution in [0, 0.1) is 5.82 Å². The number of carbonyl (C=O) groups is 1. The number of aliphatic hydroxyl groups excluding tert-OH is 1. The summed E-state index contributed by atoms with van der Waals surface area (Å²) in [5.41, 5.74) is 0.507. The Kier molecular flexibility index (Phi) is 3.88. The standard InChI is InChI=1S/C17H18FNO2/c18-16-9-8-15(13-6-1-2-7-14(13)16)17(21)19(10-11-20)12-4-3-5-12/h1-2,6-9,12,20H,3-5,10-11H2. The summed E-state index contributed by atoms with van der Waals surface area (Å²) in [6, 6.07) is 10.1. The van der Waals surface area contributed by atoms with Crippen LogP contribution in [-0.2, 0) is 0 Å². The number of amides is 1. The molecule has 0 atom stereocenters. The minimum absolute atomic E-state index is 0.0542. The maximum atomic E-state index is 13.8. The van der Waals surface area contributed by atoms with Crippen LogP contribution in [0.15, 0.2) is 36.4 Å². The summed E-state index contributed by atoms with van der Waals surface area (Å²) >= 11 is 0. The van der Waals surface area contributed by atoms with Gasteiger partial charge in [0.2, 0.25) is 0 Å². The van der Waals surface area contributed by atoms with E-state index in [1.807, 2.05) is 0 Å². The van der Waals surface area contributed by atoms with Gasteiger partial charge in [-0.2, -0.15) is 0 Å². The molecular formula is C17H18FNO2. The maximum Gasteiger partial charge on any atom is 0.254 e. The van der Waals surface area contributed by atoms with Gasteiger partial charge in [0.05, 0.1) is 6.61 Å². The van der Waals surface area contributed by atoms with E-state index in [1.165, 1.54) is 6.07 Å². The lowest BCUT2D eigenvalue weighted by molar-refractivity contribution is 0.0528. The molecule has 1 aliphatic rings. The monoisotopic (exact) mass is 287 g/mol. The Hall–Kier alpha value is -1.94. The lowest BCUT2D eigenvalue weighted by atomic mass is 9.90. The van der Waals surface area contributed by atoms with E-state index in [2.05, 4.69) is 0 Å². The SMILES string of the molecule is O=C(c1ccc(F)c2ccccc12)N(CCO)C1CCC1. The van der Waals surface area contributed by atoms with Crippen LogP contribution in [0.3, 0.4) is 0 Å². The molecule has 2 aromatic rings. The second kappa shape index (κ2) is 5.82. The first-order valence-corrected chi connectivity index (χ1v) is 7.31. The molecule has 1 aliphatic carbocycles. The fourth-order valence-corrected chi connectivity index (χ4v) is 2.86. The van der Waals surface area contributed by atoms with Crippen molar-refractivity contribution in [2.24, 2.45) is 0 Å². The number of benzene rings is 2. The molecule has 1 fully saturated rings. The molecule has 0 spiro atoms. The van der Waals surface area contributed by atoms with Gasteiger partial charge in [-0.25, -0.2) is 4.39 Å². The Balaban J connectivity index is 2.02. The highest BCUT2D eigenvalue weighted by atomic mass is 19.1. The number of rotatable bonds is 4. The summed E-state index contributed by atoms with van der Waals surface area (Å²) in [5, 5.41) is 10.3. The zero-order valence-corrected chi connectivity index (χ0v) is 11.8. The zero-order chi connectivity index (χ0) is 14.8. The van der Waals surface area contributed by atoms with Gasteiger partial charge in [-0.1, -0.05) is 24.3 Å². The minimum atomic E-state index is -0.320. The van der Waals surface area contributed by atoms with Crippen molar-refractivity contribution in [2.75, 3.05) is 13.2 Å². The molecule has 110 valence electrons. The van der Waals surface area contributed by atoms with Crippen molar-refractivity contribution < 1.29 is 14.3 Å². The number of halogens is 1. The second-order valence-electron chi connectivity index (χ2n) is 5.45. The highest BCUT2D eigenvalue weighted by Crippen LogP contribution is 2.28. The van der Waals surface area contributed by atoms with Gasteiger partial charge in [-0.05, 0) is 36.8 Å². The predicted octanol–water partition coefficient (Wildman–Crippen LogP) is 2.97. The summed E-state index contributed by atoms with van der Waals surface area (Å²) in [4.78, 5) is 14.5.